The van der Waals surface area contributed by atoms with Gasteiger partial charge in [-0.05, 0) is 42.5 Å². The molecule has 1 heterocycles. The molecule has 0 spiro atoms. The lowest BCUT2D eigenvalue weighted by atomic mass is 10.2. The van der Waals surface area contributed by atoms with Gasteiger partial charge < -0.3 is 24.4 Å². The van der Waals surface area contributed by atoms with Crippen LogP contribution in [0.3, 0.4) is 0 Å². The second kappa shape index (κ2) is 8.43. The Morgan fingerprint density at radius 3 is 2.39 bits per heavy atom. The van der Waals surface area contributed by atoms with E-state index in [-0.39, 0.29) is 31.7 Å². The predicted octanol–water partition coefficient (Wildman–Crippen LogP) is 1.98. The van der Waals surface area contributed by atoms with Crippen LogP contribution in [0.5, 0.6) is 11.5 Å². The third-order valence-electron chi connectivity index (χ3n) is 4.24. The SMILES string of the molecule is COC(=O)c1ccc(N(CCNC(=O)c2ccc3c(c2)OCO3)C(C)=O)cc1. The largest absolute Gasteiger partial charge is 0.465 e. The van der Waals surface area contributed by atoms with Gasteiger partial charge in [0.25, 0.3) is 5.91 Å². The van der Waals surface area contributed by atoms with E-state index < -0.39 is 5.97 Å². The van der Waals surface area contributed by atoms with E-state index in [2.05, 4.69) is 10.1 Å². The van der Waals surface area contributed by atoms with Crippen LogP contribution in [0.1, 0.15) is 27.6 Å². The topological polar surface area (TPSA) is 94.2 Å². The molecule has 0 radical (unpaired) electrons. The Bertz CT molecular complexity index is 894. The van der Waals surface area contributed by atoms with Gasteiger partial charge in [0.1, 0.15) is 0 Å². The van der Waals surface area contributed by atoms with Crippen LogP contribution in [0.15, 0.2) is 42.5 Å². The van der Waals surface area contributed by atoms with Crippen LogP contribution in [-0.4, -0.2) is 44.8 Å². The highest BCUT2D eigenvalue weighted by molar-refractivity contribution is 5.95. The maximum absolute atomic E-state index is 12.3. The zero-order valence-corrected chi connectivity index (χ0v) is 15.6. The Morgan fingerprint density at radius 1 is 1.04 bits per heavy atom. The smallest absolute Gasteiger partial charge is 0.337 e. The van der Waals surface area contributed by atoms with Gasteiger partial charge in [0.2, 0.25) is 12.7 Å². The number of hydrogen-bond donors (Lipinski definition) is 1. The van der Waals surface area contributed by atoms with Gasteiger partial charge in [0, 0.05) is 31.3 Å². The van der Waals surface area contributed by atoms with Crippen molar-refractivity contribution in [3.05, 3.63) is 53.6 Å². The Hall–Kier alpha value is -3.55. The summed E-state index contributed by atoms with van der Waals surface area (Å²) in [5.41, 5.74) is 1.46. The fraction of sp³-hybridized carbons (Fsp3) is 0.250. The van der Waals surface area contributed by atoms with Crippen LogP contribution in [0.25, 0.3) is 0 Å². The average molecular weight is 384 g/mol. The van der Waals surface area contributed by atoms with Crippen molar-refractivity contribution in [2.24, 2.45) is 0 Å². The van der Waals surface area contributed by atoms with E-state index >= 15 is 0 Å². The van der Waals surface area contributed by atoms with Gasteiger partial charge in [-0.25, -0.2) is 4.79 Å². The number of rotatable bonds is 6. The fourth-order valence-electron chi connectivity index (χ4n) is 2.78. The average Bonchev–Trinajstić information content (AvgIpc) is 3.18. The summed E-state index contributed by atoms with van der Waals surface area (Å²) in [4.78, 5) is 37.3. The molecule has 0 saturated heterocycles. The van der Waals surface area contributed by atoms with Gasteiger partial charge in [-0.2, -0.15) is 0 Å². The summed E-state index contributed by atoms with van der Waals surface area (Å²) in [5.74, 6) is 0.237. The second-order valence-corrected chi connectivity index (χ2v) is 6.03. The van der Waals surface area contributed by atoms with Crippen LogP contribution >= 0.6 is 0 Å². The van der Waals surface area contributed by atoms with Crippen LogP contribution in [0, 0.1) is 0 Å². The third kappa shape index (κ3) is 4.22. The summed E-state index contributed by atoms with van der Waals surface area (Å²) in [7, 11) is 1.31. The van der Waals surface area contributed by atoms with E-state index in [4.69, 9.17) is 9.47 Å². The highest BCUT2D eigenvalue weighted by Crippen LogP contribution is 2.32. The number of fused-ring (bicyclic) bond motifs is 1. The van der Waals surface area contributed by atoms with Gasteiger partial charge >= 0.3 is 5.97 Å². The highest BCUT2D eigenvalue weighted by Gasteiger charge is 2.17. The molecule has 28 heavy (non-hydrogen) atoms. The summed E-state index contributed by atoms with van der Waals surface area (Å²) in [6, 6.07) is 11.4. The van der Waals surface area contributed by atoms with E-state index in [0.29, 0.717) is 28.3 Å². The van der Waals surface area contributed by atoms with Gasteiger partial charge in [-0.15, -0.1) is 0 Å². The van der Waals surface area contributed by atoms with E-state index in [1.165, 1.54) is 18.9 Å². The Balaban J connectivity index is 1.60. The Morgan fingerprint density at radius 2 is 1.71 bits per heavy atom. The van der Waals surface area contributed by atoms with Gasteiger partial charge in [-0.3, -0.25) is 9.59 Å². The molecule has 0 atom stereocenters. The minimum atomic E-state index is -0.447. The van der Waals surface area contributed by atoms with E-state index in [1.54, 1.807) is 42.5 Å². The molecule has 146 valence electrons. The van der Waals surface area contributed by atoms with Crippen LogP contribution < -0.4 is 19.7 Å². The number of hydrogen-bond acceptors (Lipinski definition) is 6. The number of carbonyl (C=O) groups excluding carboxylic acids is 3. The standard InChI is InChI=1S/C20H20N2O6/c1-13(23)22(16-6-3-14(4-7-16)20(25)26-2)10-9-21-19(24)15-5-8-17-18(11-15)28-12-27-17/h3-8,11H,9-10,12H2,1-2H3,(H,21,24). The highest BCUT2D eigenvalue weighted by atomic mass is 16.7. The minimum Gasteiger partial charge on any atom is -0.465 e. The Labute approximate surface area is 162 Å². The number of methoxy groups -OCH3 is 1. The summed E-state index contributed by atoms with van der Waals surface area (Å²) in [5, 5.41) is 2.78. The second-order valence-electron chi connectivity index (χ2n) is 6.03. The number of anilines is 1. The molecule has 0 bridgehead atoms. The van der Waals surface area contributed by atoms with E-state index in [9.17, 15) is 14.4 Å². The summed E-state index contributed by atoms with van der Waals surface area (Å²) in [6.07, 6.45) is 0. The molecule has 0 aliphatic carbocycles. The van der Waals surface area contributed by atoms with Crippen molar-refractivity contribution >= 4 is 23.5 Å². The molecule has 8 nitrogen and oxygen atoms in total. The number of esters is 1. The van der Waals surface area contributed by atoms with Crippen molar-refractivity contribution in [3.8, 4) is 11.5 Å². The van der Waals surface area contributed by atoms with Crippen molar-refractivity contribution in [1.82, 2.24) is 5.32 Å². The number of nitrogens with one attached hydrogen (secondary N) is 1. The zero-order valence-electron chi connectivity index (χ0n) is 15.6. The monoisotopic (exact) mass is 384 g/mol. The van der Waals surface area contributed by atoms with Crippen molar-refractivity contribution in [1.29, 1.82) is 0 Å². The number of carbonyl (C=O) groups is 3. The first kappa shape index (κ1) is 19.2. The first-order valence-electron chi connectivity index (χ1n) is 8.64. The molecule has 2 amide bonds. The molecule has 0 saturated carbocycles. The molecular formula is C20H20N2O6. The zero-order chi connectivity index (χ0) is 20.1. The first-order valence-corrected chi connectivity index (χ1v) is 8.64. The predicted molar refractivity (Wildman–Crippen MR) is 101 cm³/mol. The van der Waals surface area contributed by atoms with Crippen LogP contribution in [0.4, 0.5) is 5.69 Å². The summed E-state index contributed by atoms with van der Waals surface area (Å²) in [6.45, 7) is 2.12. The lowest BCUT2D eigenvalue weighted by molar-refractivity contribution is -0.116. The van der Waals surface area contributed by atoms with Crippen LogP contribution in [-0.2, 0) is 9.53 Å². The number of amides is 2. The maximum atomic E-state index is 12.3. The first-order chi connectivity index (χ1) is 13.5. The van der Waals surface area contributed by atoms with Gasteiger partial charge in [0.05, 0.1) is 12.7 Å². The fourth-order valence-corrected chi connectivity index (χ4v) is 2.78. The molecule has 1 aliphatic rings. The van der Waals surface area contributed by atoms with E-state index in [1.807, 2.05) is 0 Å². The molecule has 1 N–H and O–H groups in total. The lowest BCUT2D eigenvalue weighted by Gasteiger charge is -2.21. The molecule has 3 rings (SSSR count). The number of ether oxygens (including phenoxy) is 3. The molecule has 2 aromatic rings. The third-order valence-corrected chi connectivity index (χ3v) is 4.24. The molecule has 0 aromatic heterocycles. The molecule has 1 aliphatic heterocycles. The molecular weight excluding hydrogens is 364 g/mol. The van der Waals surface area contributed by atoms with Crippen LogP contribution in [0.2, 0.25) is 0 Å². The van der Waals surface area contributed by atoms with Crippen molar-refractivity contribution in [2.45, 2.75) is 6.92 Å². The summed E-state index contributed by atoms with van der Waals surface area (Å²) < 4.78 is 15.2. The van der Waals surface area contributed by atoms with Crippen molar-refractivity contribution in [2.75, 3.05) is 31.9 Å². The Kier molecular flexibility index (Phi) is 5.78. The molecule has 2 aromatic carbocycles. The molecule has 0 unspecified atom stereocenters. The van der Waals surface area contributed by atoms with Gasteiger partial charge in [-0.1, -0.05) is 0 Å². The lowest BCUT2D eigenvalue weighted by Crippen LogP contribution is -2.37. The minimum absolute atomic E-state index is 0.142. The van der Waals surface area contributed by atoms with Crippen molar-refractivity contribution < 1.29 is 28.6 Å². The quantitative estimate of drug-likeness (QED) is 0.766. The maximum Gasteiger partial charge on any atom is 0.337 e. The molecule has 8 heteroatoms. The normalized spacial score (nSPS) is 11.6. The molecule has 0 fully saturated rings. The number of benzene rings is 2. The van der Waals surface area contributed by atoms with Gasteiger partial charge in [0.15, 0.2) is 11.5 Å². The number of nitrogens with zero attached hydrogens (tertiary/aromatic N) is 1. The van der Waals surface area contributed by atoms with E-state index in [0.717, 1.165) is 0 Å². The van der Waals surface area contributed by atoms with Crippen molar-refractivity contribution in [3.63, 3.8) is 0 Å². The summed E-state index contributed by atoms with van der Waals surface area (Å²) >= 11 is 0.